The second-order valence-corrected chi connectivity index (χ2v) is 6.28. The Morgan fingerprint density at radius 3 is 2.52 bits per heavy atom. The van der Waals surface area contributed by atoms with Crippen LogP contribution in [0.15, 0.2) is 18.3 Å². The Balaban J connectivity index is 1.72. The first-order valence-electron chi connectivity index (χ1n) is 7.64. The molecule has 0 atom stereocenters. The van der Waals surface area contributed by atoms with E-state index in [0.29, 0.717) is 23.4 Å². The summed E-state index contributed by atoms with van der Waals surface area (Å²) in [7, 11) is 0. The van der Waals surface area contributed by atoms with E-state index in [1.807, 2.05) is 0 Å². The molecule has 0 radical (unpaired) electrons. The Kier molecular flexibility index (Phi) is 4.41. The fourth-order valence-corrected chi connectivity index (χ4v) is 2.68. The van der Waals surface area contributed by atoms with Crippen LogP contribution in [0.3, 0.4) is 0 Å². The summed E-state index contributed by atoms with van der Waals surface area (Å²) in [6.07, 6.45) is 1.54. The summed E-state index contributed by atoms with van der Waals surface area (Å²) in [5.74, 6) is -1.29. The molecule has 1 aromatic carbocycles. The lowest BCUT2D eigenvalue weighted by molar-refractivity contribution is -0.00570. The topological polar surface area (TPSA) is 50.3 Å². The van der Waals surface area contributed by atoms with Crippen molar-refractivity contribution in [2.75, 3.05) is 38.2 Å². The van der Waals surface area contributed by atoms with Crippen molar-refractivity contribution in [3.8, 4) is 0 Å². The summed E-state index contributed by atoms with van der Waals surface area (Å²) in [6, 6.07) is 2.12. The second-order valence-electron chi connectivity index (χ2n) is 6.28. The Morgan fingerprint density at radius 1 is 1.17 bits per heavy atom. The maximum atomic E-state index is 13.3. The van der Waals surface area contributed by atoms with Crippen molar-refractivity contribution in [3.05, 3.63) is 30.0 Å². The van der Waals surface area contributed by atoms with Crippen molar-refractivity contribution in [1.82, 2.24) is 14.9 Å². The monoisotopic (exact) mass is 322 g/mol. The van der Waals surface area contributed by atoms with Gasteiger partial charge in [0, 0.05) is 37.3 Å². The van der Waals surface area contributed by atoms with Crippen LogP contribution >= 0.6 is 0 Å². The predicted octanol–water partition coefficient (Wildman–Crippen LogP) is 2.43. The summed E-state index contributed by atoms with van der Waals surface area (Å²) in [4.78, 5) is 10.8. The molecule has 0 spiro atoms. The van der Waals surface area contributed by atoms with Gasteiger partial charge < -0.3 is 10.1 Å². The molecule has 3 rings (SSSR count). The molecule has 0 saturated carbocycles. The zero-order chi connectivity index (χ0) is 16.4. The lowest BCUT2D eigenvalue weighted by Crippen LogP contribution is -2.53. The molecule has 2 aromatic rings. The molecule has 1 aliphatic heterocycles. The number of anilines is 1. The van der Waals surface area contributed by atoms with Crippen LogP contribution in [0.25, 0.3) is 11.0 Å². The van der Waals surface area contributed by atoms with Crippen molar-refractivity contribution >= 4 is 16.9 Å². The average Bonchev–Trinajstić information content (AvgIpc) is 2.55. The Morgan fingerprint density at radius 2 is 1.83 bits per heavy atom. The van der Waals surface area contributed by atoms with Gasteiger partial charge in [-0.1, -0.05) is 0 Å². The third-order valence-electron chi connectivity index (χ3n) is 4.15. The lowest BCUT2D eigenvalue weighted by atomic mass is 10.0. The van der Waals surface area contributed by atoms with Gasteiger partial charge in [0.05, 0.1) is 30.4 Å². The van der Waals surface area contributed by atoms with Crippen LogP contribution in [0.1, 0.15) is 13.8 Å². The highest BCUT2D eigenvalue weighted by molar-refractivity contribution is 5.75. The van der Waals surface area contributed by atoms with E-state index in [9.17, 15) is 8.78 Å². The first-order valence-corrected chi connectivity index (χ1v) is 7.64. The molecule has 2 heterocycles. The Labute approximate surface area is 133 Å². The van der Waals surface area contributed by atoms with E-state index in [0.717, 1.165) is 38.4 Å². The van der Waals surface area contributed by atoms with Crippen LogP contribution < -0.4 is 5.32 Å². The van der Waals surface area contributed by atoms with Gasteiger partial charge in [0.2, 0.25) is 0 Å². The van der Waals surface area contributed by atoms with Crippen molar-refractivity contribution < 1.29 is 13.5 Å². The number of hydrogen-bond donors (Lipinski definition) is 1. The SMILES string of the molecule is CC(C)(CNc1cnc2cc(F)c(F)cc2n1)N1CCOCC1. The first-order chi connectivity index (χ1) is 11.0. The number of rotatable bonds is 4. The smallest absolute Gasteiger partial charge is 0.161 e. The van der Waals surface area contributed by atoms with Gasteiger partial charge >= 0.3 is 0 Å². The van der Waals surface area contributed by atoms with Crippen LogP contribution in [0.5, 0.6) is 0 Å². The van der Waals surface area contributed by atoms with E-state index in [1.165, 1.54) is 6.20 Å². The fraction of sp³-hybridized carbons (Fsp3) is 0.500. The minimum Gasteiger partial charge on any atom is -0.379 e. The van der Waals surface area contributed by atoms with Crippen molar-refractivity contribution in [1.29, 1.82) is 0 Å². The standard InChI is InChI=1S/C16H20F2N4O/c1-16(2,22-3-5-23-6-4-22)10-20-15-9-19-13-7-11(17)12(18)8-14(13)21-15/h7-9H,3-6,10H2,1-2H3,(H,20,21). The van der Waals surface area contributed by atoms with Crippen molar-refractivity contribution in [2.24, 2.45) is 0 Å². The largest absolute Gasteiger partial charge is 0.379 e. The number of fused-ring (bicyclic) bond motifs is 1. The van der Waals surface area contributed by atoms with Gasteiger partial charge in [-0.15, -0.1) is 0 Å². The molecule has 0 amide bonds. The van der Waals surface area contributed by atoms with E-state index in [1.54, 1.807) is 0 Å². The summed E-state index contributed by atoms with van der Waals surface area (Å²) >= 11 is 0. The molecule has 0 unspecified atom stereocenters. The lowest BCUT2D eigenvalue weighted by Gasteiger charge is -2.40. The Hall–Kier alpha value is -1.86. The Bertz CT molecular complexity index is 702. The number of halogens is 2. The highest BCUT2D eigenvalue weighted by Gasteiger charge is 2.28. The van der Waals surface area contributed by atoms with Gasteiger partial charge in [0.1, 0.15) is 5.82 Å². The molecule has 0 bridgehead atoms. The normalized spacial score (nSPS) is 16.7. The van der Waals surface area contributed by atoms with Gasteiger partial charge in [0.25, 0.3) is 0 Å². The number of nitrogens with zero attached hydrogens (tertiary/aromatic N) is 3. The van der Waals surface area contributed by atoms with E-state index in [4.69, 9.17) is 4.74 Å². The predicted molar refractivity (Wildman–Crippen MR) is 84.4 cm³/mol. The molecule has 7 heteroatoms. The molecule has 1 saturated heterocycles. The van der Waals surface area contributed by atoms with Crippen LogP contribution in [-0.2, 0) is 4.74 Å². The zero-order valence-electron chi connectivity index (χ0n) is 13.3. The second kappa shape index (κ2) is 6.33. The van der Waals surface area contributed by atoms with Crippen molar-refractivity contribution in [2.45, 2.75) is 19.4 Å². The molecule has 1 N–H and O–H groups in total. The number of benzene rings is 1. The molecular formula is C16H20F2N4O. The summed E-state index contributed by atoms with van der Waals surface area (Å²) in [5, 5.41) is 3.24. The average molecular weight is 322 g/mol. The number of ether oxygens (including phenoxy) is 1. The maximum absolute atomic E-state index is 13.3. The third kappa shape index (κ3) is 3.56. The van der Waals surface area contributed by atoms with Crippen molar-refractivity contribution in [3.63, 3.8) is 0 Å². The highest BCUT2D eigenvalue weighted by Crippen LogP contribution is 2.19. The number of hydrogen-bond acceptors (Lipinski definition) is 5. The fourth-order valence-electron chi connectivity index (χ4n) is 2.68. The van der Waals surface area contributed by atoms with E-state index < -0.39 is 11.6 Å². The summed E-state index contributed by atoms with van der Waals surface area (Å²) in [5.41, 5.74) is 0.592. The van der Waals surface area contributed by atoms with Gasteiger partial charge in [-0.2, -0.15) is 0 Å². The number of morpholine rings is 1. The summed E-state index contributed by atoms with van der Waals surface area (Å²) < 4.78 is 31.9. The minimum atomic E-state index is -0.919. The molecule has 0 aliphatic carbocycles. The molecule has 5 nitrogen and oxygen atoms in total. The van der Waals surface area contributed by atoms with E-state index >= 15 is 0 Å². The van der Waals surface area contributed by atoms with Crippen LogP contribution in [0.4, 0.5) is 14.6 Å². The maximum Gasteiger partial charge on any atom is 0.161 e. The highest BCUT2D eigenvalue weighted by atomic mass is 19.2. The first kappa shape index (κ1) is 16.0. The minimum absolute atomic E-state index is 0.0749. The van der Waals surface area contributed by atoms with Gasteiger partial charge in [-0.05, 0) is 13.8 Å². The molecule has 1 fully saturated rings. The van der Waals surface area contributed by atoms with Gasteiger partial charge in [-0.3, -0.25) is 9.88 Å². The molecular weight excluding hydrogens is 302 g/mol. The zero-order valence-corrected chi connectivity index (χ0v) is 13.3. The van der Waals surface area contributed by atoms with Crippen LogP contribution in [0, 0.1) is 11.6 Å². The number of aromatic nitrogens is 2. The molecule has 1 aromatic heterocycles. The van der Waals surface area contributed by atoms with Gasteiger partial charge in [-0.25, -0.2) is 13.8 Å². The van der Waals surface area contributed by atoms with E-state index in [-0.39, 0.29) is 5.54 Å². The third-order valence-corrected chi connectivity index (χ3v) is 4.15. The van der Waals surface area contributed by atoms with Crippen LogP contribution in [0.2, 0.25) is 0 Å². The van der Waals surface area contributed by atoms with Crippen LogP contribution in [-0.4, -0.2) is 53.3 Å². The molecule has 23 heavy (non-hydrogen) atoms. The quantitative estimate of drug-likeness (QED) is 0.937. The molecule has 124 valence electrons. The summed E-state index contributed by atoms with van der Waals surface area (Å²) in [6.45, 7) is 8.22. The number of nitrogens with one attached hydrogen (secondary N) is 1. The van der Waals surface area contributed by atoms with E-state index in [2.05, 4.69) is 34.0 Å². The molecule has 1 aliphatic rings. The van der Waals surface area contributed by atoms with Gasteiger partial charge in [0.15, 0.2) is 11.6 Å².